The van der Waals surface area contributed by atoms with Gasteiger partial charge in [-0.05, 0) is 31.4 Å². The minimum Gasteiger partial charge on any atom is -0.387 e. The van der Waals surface area contributed by atoms with Crippen LogP contribution in [0.2, 0.25) is 0 Å². The first-order valence-corrected chi connectivity index (χ1v) is 12.7. The summed E-state index contributed by atoms with van der Waals surface area (Å²) < 4.78 is 39.8. The molecular weight excluding hydrogens is 491 g/mol. The monoisotopic (exact) mass is 517 g/mol. The quantitative estimate of drug-likeness (QED) is 0.454. The molecule has 5 rings (SSSR count). The maximum Gasteiger partial charge on any atom is 0.435 e. The Labute approximate surface area is 210 Å². The Hall–Kier alpha value is -3.21. The number of rotatable bonds is 6. The lowest BCUT2D eigenvalue weighted by molar-refractivity contribution is -0.142. The Morgan fingerprint density at radius 2 is 1.94 bits per heavy atom. The Kier molecular flexibility index (Phi) is 6.83. The van der Waals surface area contributed by atoms with Gasteiger partial charge in [0.2, 0.25) is 5.91 Å². The van der Waals surface area contributed by atoms with E-state index in [0.717, 1.165) is 52.0 Å². The number of thiazole rings is 1. The minimum atomic E-state index is -4.52. The first-order valence-electron chi connectivity index (χ1n) is 11.9. The third kappa shape index (κ3) is 5.45. The first kappa shape index (κ1) is 24.5. The summed E-state index contributed by atoms with van der Waals surface area (Å²) in [7, 11) is 0. The Morgan fingerprint density at radius 1 is 1.19 bits per heavy atom. The van der Waals surface area contributed by atoms with Crippen molar-refractivity contribution < 1.29 is 22.8 Å². The Morgan fingerprint density at radius 3 is 2.64 bits per heavy atom. The summed E-state index contributed by atoms with van der Waals surface area (Å²) in [6, 6.07) is 11.0. The lowest BCUT2D eigenvalue weighted by Gasteiger charge is -2.31. The molecule has 1 saturated heterocycles. The summed E-state index contributed by atoms with van der Waals surface area (Å²) in [5.41, 5.74) is 2.40. The van der Waals surface area contributed by atoms with Crippen molar-refractivity contribution in [3.05, 3.63) is 69.4 Å². The summed E-state index contributed by atoms with van der Waals surface area (Å²) in [6.45, 7) is 2.42. The number of halogens is 3. The van der Waals surface area contributed by atoms with Gasteiger partial charge in [-0.25, -0.2) is 4.98 Å². The van der Waals surface area contributed by atoms with E-state index in [1.165, 1.54) is 6.92 Å². The molecule has 1 unspecified atom stereocenters. The molecule has 7 nitrogen and oxygen atoms in total. The van der Waals surface area contributed by atoms with Gasteiger partial charge >= 0.3 is 6.18 Å². The van der Waals surface area contributed by atoms with E-state index < -0.39 is 11.9 Å². The molecule has 0 radical (unpaired) electrons. The fourth-order valence-corrected chi connectivity index (χ4v) is 5.58. The second kappa shape index (κ2) is 10.0. The van der Waals surface area contributed by atoms with Crippen LogP contribution in [0.15, 0.2) is 46.9 Å². The standard InChI is InChI=1S/C25H26F3N5O2S/c1-16-11-22(25(26,27)28)30-33(16)14-23(34)32-9-7-18(8-10-32)24-29-20(15-36-24)12-19-13-21(35-31-19)17-5-3-2-4-6-17/h2-6,11,15,18,21H,7-10,12-14H2,1H3. The van der Waals surface area contributed by atoms with Gasteiger partial charge in [0.05, 0.1) is 16.4 Å². The number of benzene rings is 1. The third-order valence-corrected chi connectivity index (χ3v) is 7.67. The minimum absolute atomic E-state index is 0.0493. The van der Waals surface area contributed by atoms with E-state index in [1.807, 2.05) is 30.3 Å². The van der Waals surface area contributed by atoms with Crippen molar-refractivity contribution >= 4 is 23.0 Å². The molecular formula is C25H26F3N5O2S. The zero-order valence-corrected chi connectivity index (χ0v) is 20.6. The van der Waals surface area contributed by atoms with Gasteiger partial charge in [-0.15, -0.1) is 11.3 Å². The van der Waals surface area contributed by atoms with E-state index in [0.29, 0.717) is 25.2 Å². The highest BCUT2D eigenvalue weighted by Crippen LogP contribution is 2.33. The number of piperidine rings is 1. The number of carbonyl (C=O) groups excluding carboxylic acids is 1. The van der Waals surface area contributed by atoms with Crippen LogP contribution in [0.1, 0.15) is 58.9 Å². The zero-order chi connectivity index (χ0) is 25.3. The number of likely N-dealkylation sites (tertiary alicyclic amines) is 1. The molecule has 1 amide bonds. The second-order valence-corrected chi connectivity index (χ2v) is 10.1. The average Bonchev–Trinajstić information content (AvgIpc) is 3.61. The predicted molar refractivity (Wildman–Crippen MR) is 129 cm³/mol. The molecule has 0 N–H and O–H groups in total. The molecule has 36 heavy (non-hydrogen) atoms. The molecule has 1 aromatic carbocycles. The molecule has 0 aliphatic carbocycles. The summed E-state index contributed by atoms with van der Waals surface area (Å²) in [5.74, 6) is 0.0373. The Bertz CT molecular complexity index is 1250. The maximum absolute atomic E-state index is 12.9. The molecule has 0 saturated carbocycles. The fourth-order valence-electron chi connectivity index (χ4n) is 4.59. The van der Waals surface area contributed by atoms with Crippen LogP contribution in [0.4, 0.5) is 13.2 Å². The van der Waals surface area contributed by atoms with E-state index in [2.05, 4.69) is 15.6 Å². The molecule has 2 aromatic heterocycles. The van der Waals surface area contributed by atoms with E-state index in [9.17, 15) is 18.0 Å². The van der Waals surface area contributed by atoms with Crippen LogP contribution < -0.4 is 0 Å². The summed E-state index contributed by atoms with van der Waals surface area (Å²) in [4.78, 5) is 24.8. The predicted octanol–water partition coefficient (Wildman–Crippen LogP) is 5.13. The molecule has 11 heteroatoms. The Balaban J connectivity index is 1.11. The zero-order valence-electron chi connectivity index (χ0n) is 19.7. The summed E-state index contributed by atoms with van der Waals surface area (Å²) in [6.07, 6.45) is -1.63. The van der Waals surface area contributed by atoms with Gasteiger partial charge in [0.15, 0.2) is 11.8 Å². The molecule has 2 aliphatic heterocycles. The highest BCUT2D eigenvalue weighted by atomic mass is 32.1. The van der Waals surface area contributed by atoms with E-state index >= 15 is 0 Å². The van der Waals surface area contributed by atoms with Crippen LogP contribution in [-0.2, 0) is 28.8 Å². The summed E-state index contributed by atoms with van der Waals surface area (Å²) in [5, 5.41) is 10.9. The number of oxime groups is 1. The van der Waals surface area contributed by atoms with Gasteiger partial charge in [-0.3, -0.25) is 9.48 Å². The van der Waals surface area contributed by atoms with Crippen molar-refractivity contribution in [1.29, 1.82) is 0 Å². The van der Waals surface area contributed by atoms with Crippen LogP contribution in [0.5, 0.6) is 0 Å². The van der Waals surface area contributed by atoms with Crippen molar-refractivity contribution in [2.24, 2.45) is 5.16 Å². The molecule has 3 aromatic rings. The van der Waals surface area contributed by atoms with Crippen molar-refractivity contribution in [2.45, 2.75) is 57.3 Å². The highest BCUT2D eigenvalue weighted by molar-refractivity contribution is 7.09. The maximum atomic E-state index is 12.9. The number of amides is 1. The van der Waals surface area contributed by atoms with E-state index in [4.69, 9.17) is 9.82 Å². The van der Waals surface area contributed by atoms with Crippen molar-refractivity contribution in [3.8, 4) is 0 Å². The smallest absolute Gasteiger partial charge is 0.387 e. The molecule has 4 heterocycles. The molecule has 0 bridgehead atoms. The van der Waals surface area contributed by atoms with Gasteiger partial charge < -0.3 is 9.74 Å². The van der Waals surface area contributed by atoms with Gasteiger partial charge in [0.25, 0.3) is 0 Å². The van der Waals surface area contributed by atoms with Gasteiger partial charge in [0.1, 0.15) is 6.54 Å². The topological polar surface area (TPSA) is 72.6 Å². The van der Waals surface area contributed by atoms with Crippen LogP contribution in [0.3, 0.4) is 0 Å². The number of aryl methyl sites for hydroxylation is 1. The number of nitrogens with zero attached hydrogens (tertiary/aromatic N) is 5. The van der Waals surface area contributed by atoms with E-state index in [1.54, 1.807) is 16.2 Å². The number of carbonyl (C=O) groups is 1. The highest BCUT2D eigenvalue weighted by Gasteiger charge is 2.35. The second-order valence-electron chi connectivity index (χ2n) is 9.20. The van der Waals surface area contributed by atoms with Gasteiger partial charge in [-0.2, -0.15) is 18.3 Å². The first-order chi connectivity index (χ1) is 17.3. The fraction of sp³-hybridized carbons (Fsp3) is 0.440. The lowest BCUT2D eigenvalue weighted by Crippen LogP contribution is -2.40. The van der Waals surface area contributed by atoms with Crippen molar-refractivity contribution in [2.75, 3.05) is 13.1 Å². The van der Waals surface area contributed by atoms with Gasteiger partial charge in [-0.1, -0.05) is 35.5 Å². The normalized spacial score (nSPS) is 18.8. The number of aromatic nitrogens is 3. The number of hydrogen-bond donors (Lipinski definition) is 0. The molecule has 190 valence electrons. The number of alkyl halides is 3. The average molecular weight is 518 g/mol. The largest absolute Gasteiger partial charge is 0.435 e. The third-order valence-electron chi connectivity index (χ3n) is 6.61. The van der Waals surface area contributed by atoms with E-state index in [-0.39, 0.29) is 24.5 Å². The van der Waals surface area contributed by atoms with Gasteiger partial charge in [0, 0.05) is 42.9 Å². The molecule has 1 atom stereocenters. The number of hydrogen-bond acceptors (Lipinski definition) is 6. The van der Waals surface area contributed by atoms with Crippen molar-refractivity contribution in [3.63, 3.8) is 0 Å². The van der Waals surface area contributed by atoms with Crippen molar-refractivity contribution in [1.82, 2.24) is 19.7 Å². The lowest BCUT2D eigenvalue weighted by atomic mass is 9.97. The molecule has 0 spiro atoms. The molecule has 1 fully saturated rings. The van der Waals surface area contributed by atoms with Crippen LogP contribution >= 0.6 is 11.3 Å². The SMILES string of the molecule is Cc1cc(C(F)(F)F)nn1CC(=O)N1CCC(c2nc(CC3=NOC(c4ccccc4)C3)cs2)CC1. The summed E-state index contributed by atoms with van der Waals surface area (Å²) >= 11 is 1.62. The van der Waals surface area contributed by atoms with Crippen LogP contribution in [0.25, 0.3) is 0 Å². The van der Waals surface area contributed by atoms with Crippen LogP contribution in [0, 0.1) is 6.92 Å². The molecule has 2 aliphatic rings. The van der Waals surface area contributed by atoms with Crippen LogP contribution in [-0.4, -0.2) is 44.4 Å².